The number of nitrogens with zero attached hydrogens (tertiary/aromatic N) is 2. The average Bonchev–Trinajstić information content (AvgIpc) is 3.63. The quantitative estimate of drug-likeness (QED) is 0.686. The van der Waals surface area contributed by atoms with Crippen molar-refractivity contribution in [2.24, 2.45) is 0 Å². The van der Waals surface area contributed by atoms with E-state index in [1.807, 2.05) is 66.4 Å². The summed E-state index contributed by atoms with van der Waals surface area (Å²) in [6, 6.07) is 19.4. The SMILES string of the molecule is Cc1cccc([C@H]2[C@H](C(=O)NCc3cccnc3)c3ccccc3C(=O)N2C2CC2)c1. The molecule has 0 radical (unpaired) electrons. The van der Waals surface area contributed by atoms with E-state index in [0.29, 0.717) is 12.1 Å². The number of rotatable bonds is 5. The molecule has 5 nitrogen and oxygen atoms in total. The summed E-state index contributed by atoms with van der Waals surface area (Å²) in [5, 5.41) is 3.10. The molecule has 2 amide bonds. The Morgan fingerprint density at radius 2 is 1.94 bits per heavy atom. The van der Waals surface area contributed by atoms with Crippen LogP contribution in [0.4, 0.5) is 0 Å². The molecular weight excluding hydrogens is 386 g/mol. The number of fused-ring (bicyclic) bond motifs is 1. The van der Waals surface area contributed by atoms with Crippen molar-refractivity contribution in [2.75, 3.05) is 0 Å². The van der Waals surface area contributed by atoms with Crippen LogP contribution in [0, 0.1) is 6.92 Å². The summed E-state index contributed by atoms with van der Waals surface area (Å²) in [6.07, 6.45) is 5.45. The molecule has 2 atom stereocenters. The van der Waals surface area contributed by atoms with Crippen LogP contribution < -0.4 is 5.32 Å². The number of hydrogen-bond donors (Lipinski definition) is 1. The molecule has 1 aliphatic heterocycles. The fourth-order valence-electron chi connectivity index (χ4n) is 4.60. The lowest BCUT2D eigenvalue weighted by molar-refractivity contribution is -0.124. The Morgan fingerprint density at radius 1 is 1.10 bits per heavy atom. The van der Waals surface area contributed by atoms with Gasteiger partial charge < -0.3 is 10.2 Å². The van der Waals surface area contributed by atoms with E-state index in [2.05, 4.69) is 16.4 Å². The van der Waals surface area contributed by atoms with Crippen molar-refractivity contribution in [1.29, 1.82) is 0 Å². The van der Waals surface area contributed by atoms with E-state index in [1.54, 1.807) is 12.4 Å². The highest BCUT2D eigenvalue weighted by atomic mass is 16.2. The van der Waals surface area contributed by atoms with Gasteiger partial charge in [-0.25, -0.2) is 0 Å². The van der Waals surface area contributed by atoms with Crippen molar-refractivity contribution < 1.29 is 9.59 Å². The molecule has 1 saturated carbocycles. The summed E-state index contributed by atoms with van der Waals surface area (Å²) in [5.74, 6) is -0.505. The van der Waals surface area contributed by atoms with Crippen LogP contribution in [0.25, 0.3) is 0 Å². The molecule has 3 aromatic rings. The van der Waals surface area contributed by atoms with Gasteiger partial charge >= 0.3 is 0 Å². The first-order valence-electron chi connectivity index (χ1n) is 10.8. The predicted octanol–water partition coefficient (Wildman–Crippen LogP) is 4.15. The summed E-state index contributed by atoms with van der Waals surface area (Å²) < 4.78 is 0. The molecule has 1 aliphatic carbocycles. The number of hydrogen-bond acceptors (Lipinski definition) is 3. The zero-order valence-corrected chi connectivity index (χ0v) is 17.5. The molecule has 2 aromatic carbocycles. The topological polar surface area (TPSA) is 62.3 Å². The molecule has 0 saturated heterocycles. The molecule has 0 spiro atoms. The molecule has 1 aromatic heterocycles. The fourth-order valence-corrected chi connectivity index (χ4v) is 4.60. The first-order chi connectivity index (χ1) is 15.1. The molecule has 156 valence electrons. The molecule has 31 heavy (non-hydrogen) atoms. The van der Waals surface area contributed by atoms with Crippen LogP contribution >= 0.6 is 0 Å². The van der Waals surface area contributed by atoms with Gasteiger partial charge in [0.05, 0.1) is 12.0 Å². The maximum atomic E-state index is 13.6. The molecule has 0 unspecified atom stereocenters. The van der Waals surface area contributed by atoms with E-state index in [-0.39, 0.29) is 23.9 Å². The third-order valence-corrected chi connectivity index (χ3v) is 6.17. The Hall–Kier alpha value is -3.47. The number of carbonyl (C=O) groups excluding carboxylic acids is 2. The minimum Gasteiger partial charge on any atom is -0.351 e. The number of aryl methyl sites for hydroxylation is 1. The summed E-state index contributed by atoms with van der Waals surface area (Å²) in [6.45, 7) is 2.45. The molecule has 0 bridgehead atoms. The maximum Gasteiger partial charge on any atom is 0.254 e. The second kappa shape index (κ2) is 7.99. The molecule has 5 heteroatoms. The van der Waals surface area contributed by atoms with Crippen LogP contribution in [0.1, 0.15) is 57.4 Å². The van der Waals surface area contributed by atoms with Gasteiger partial charge in [-0.1, -0.05) is 54.1 Å². The summed E-state index contributed by atoms with van der Waals surface area (Å²) in [4.78, 5) is 33.2. The summed E-state index contributed by atoms with van der Waals surface area (Å²) >= 11 is 0. The van der Waals surface area contributed by atoms with Gasteiger partial charge in [-0.05, 0) is 48.6 Å². The molecule has 2 heterocycles. The van der Waals surface area contributed by atoms with E-state index >= 15 is 0 Å². The highest BCUT2D eigenvalue weighted by Crippen LogP contribution is 2.47. The van der Waals surface area contributed by atoms with E-state index < -0.39 is 5.92 Å². The molecule has 1 fully saturated rings. The molecular formula is C26H25N3O2. The Labute approximate surface area is 182 Å². The zero-order valence-electron chi connectivity index (χ0n) is 17.5. The second-order valence-electron chi connectivity index (χ2n) is 8.45. The van der Waals surface area contributed by atoms with Crippen molar-refractivity contribution in [2.45, 2.75) is 44.3 Å². The van der Waals surface area contributed by atoms with E-state index in [1.165, 1.54) is 0 Å². The number of pyridine rings is 1. The Kier molecular flexibility index (Phi) is 5.02. The number of nitrogens with one attached hydrogen (secondary N) is 1. The van der Waals surface area contributed by atoms with Crippen molar-refractivity contribution in [3.63, 3.8) is 0 Å². The maximum absolute atomic E-state index is 13.6. The van der Waals surface area contributed by atoms with E-state index in [9.17, 15) is 9.59 Å². The third kappa shape index (κ3) is 3.72. The fraction of sp³-hybridized carbons (Fsp3) is 0.269. The third-order valence-electron chi connectivity index (χ3n) is 6.17. The van der Waals surface area contributed by atoms with Gasteiger partial charge in [0, 0.05) is 30.5 Å². The lowest BCUT2D eigenvalue weighted by Crippen LogP contribution is -2.48. The number of amides is 2. The minimum absolute atomic E-state index is 0.0286. The minimum atomic E-state index is -0.465. The van der Waals surface area contributed by atoms with Crippen molar-refractivity contribution in [3.05, 3.63) is 101 Å². The number of aromatic nitrogens is 1. The first kappa shape index (κ1) is 19.5. The molecule has 2 aliphatic rings. The highest BCUT2D eigenvalue weighted by Gasteiger charge is 2.48. The predicted molar refractivity (Wildman–Crippen MR) is 118 cm³/mol. The summed E-state index contributed by atoms with van der Waals surface area (Å²) in [7, 11) is 0. The second-order valence-corrected chi connectivity index (χ2v) is 8.45. The van der Waals surface area contributed by atoms with E-state index in [4.69, 9.17) is 0 Å². The van der Waals surface area contributed by atoms with Gasteiger partial charge in [-0.2, -0.15) is 0 Å². The summed E-state index contributed by atoms with van der Waals surface area (Å²) in [5.41, 5.74) is 4.52. The number of benzene rings is 2. The largest absolute Gasteiger partial charge is 0.351 e. The smallest absolute Gasteiger partial charge is 0.254 e. The van der Waals surface area contributed by atoms with E-state index in [0.717, 1.165) is 35.1 Å². The number of carbonyl (C=O) groups is 2. The average molecular weight is 412 g/mol. The monoisotopic (exact) mass is 411 g/mol. The van der Waals surface area contributed by atoms with Crippen molar-refractivity contribution in [1.82, 2.24) is 15.2 Å². The van der Waals surface area contributed by atoms with Gasteiger partial charge in [-0.3, -0.25) is 14.6 Å². The van der Waals surface area contributed by atoms with Gasteiger partial charge in [0.15, 0.2) is 0 Å². The molecule has 5 rings (SSSR count). The van der Waals surface area contributed by atoms with Crippen LogP contribution in [-0.2, 0) is 11.3 Å². The van der Waals surface area contributed by atoms with Gasteiger partial charge in [0.1, 0.15) is 0 Å². The van der Waals surface area contributed by atoms with Crippen LogP contribution in [0.2, 0.25) is 0 Å². The van der Waals surface area contributed by atoms with Crippen molar-refractivity contribution >= 4 is 11.8 Å². The first-order valence-corrected chi connectivity index (χ1v) is 10.8. The van der Waals surface area contributed by atoms with Crippen LogP contribution in [0.5, 0.6) is 0 Å². The van der Waals surface area contributed by atoms with Crippen molar-refractivity contribution in [3.8, 4) is 0 Å². The van der Waals surface area contributed by atoms with Gasteiger partial charge in [0.2, 0.25) is 5.91 Å². The van der Waals surface area contributed by atoms with Crippen LogP contribution in [0.3, 0.4) is 0 Å². The highest BCUT2D eigenvalue weighted by molar-refractivity contribution is 6.01. The van der Waals surface area contributed by atoms with Crippen LogP contribution in [0.15, 0.2) is 73.1 Å². The molecule has 1 N–H and O–H groups in total. The zero-order chi connectivity index (χ0) is 21.4. The van der Waals surface area contributed by atoms with Gasteiger partial charge in [-0.15, -0.1) is 0 Å². The lowest BCUT2D eigenvalue weighted by atomic mass is 9.78. The Bertz CT molecular complexity index is 1120. The normalized spacial score (nSPS) is 20.3. The lowest BCUT2D eigenvalue weighted by Gasteiger charge is -2.42. The standard InChI is InChI=1S/C26H25N3O2/c1-17-6-4-8-19(14-17)24-23(25(30)28-16-18-7-5-13-27-15-18)21-9-2-3-10-22(21)26(31)29(24)20-11-12-20/h2-10,13-15,20,23-24H,11-12,16H2,1H3,(H,28,30)/t23-,24+/m1/s1. The Balaban J connectivity index is 1.58. The van der Waals surface area contributed by atoms with Gasteiger partial charge in [0.25, 0.3) is 5.91 Å². The Morgan fingerprint density at radius 3 is 2.68 bits per heavy atom. The van der Waals surface area contributed by atoms with Crippen LogP contribution in [-0.4, -0.2) is 27.7 Å².